The molecule has 9 heteroatoms. The van der Waals surface area contributed by atoms with Crippen molar-refractivity contribution in [1.82, 2.24) is 9.78 Å². The van der Waals surface area contributed by atoms with Gasteiger partial charge < -0.3 is 4.74 Å². The first-order valence-electron chi connectivity index (χ1n) is 11.4. The van der Waals surface area contributed by atoms with Crippen molar-refractivity contribution in [3.8, 4) is 5.75 Å². The molecule has 0 saturated heterocycles. The van der Waals surface area contributed by atoms with Gasteiger partial charge in [0.05, 0.1) is 23.2 Å². The second-order valence-electron chi connectivity index (χ2n) is 9.36. The SMILES string of the molecule is Cc1ccc(S(=O)(=O)OCCCCc2ccc(COc3cnn(C(C)(C)C)c(=O)c3Cl)cc2)cc1. The maximum atomic E-state index is 12.4. The molecule has 0 aliphatic carbocycles. The van der Waals surface area contributed by atoms with Crippen LogP contribution in [0.2, 0.25) is 5.02 Å². The van der Waals surface area contributed by atoms with Crippen molar-refractivity contribution in [2.45, 2.75) is 64.0 Å². The zero-order valence-electron chi connectivity index (χ0n) is 20.5. The van der Waals surface area contributed by atoms with Crippen LogP contribution in [-0.4, -0.2) is 24.8 Å². The zero-order valence-corrected chi connectivity index (χ0v) is 22.0. The van der Waals surface area contributed by atoms with Gasteiger partial charge in [-0.1, -0.05) is 53.6 Å². The van der Waals surface area contributed by atoms with Gasteiger partial charge in [-0.05, 0) is 70.2 Å². The Morgan fingerprint density at radius 2 is 1.60 bits per heavy atom. The molecular weight excluding hydrogens is 488 g/mol. The van der Waals surface area contributed by atoms with Crippen molar-refractivity contribution in [3.05, 3.63) is 86.8 Å². The van der Waals surface area contributed by atoms with Gasteiger partial charge in [0.25, 0.3) is 15.7 Å². The Hall–Kier alpha value is -2.68. The standard InChI is InChI=1S/C26H31ClN2O5S/c1-19-8-14-22(15-9-19)35(31,32)34-16-6-5-7-20-10-12-21(13-11-20)18-33-23-17-28-29(26(2,3)4)25(30)24(23)27/h8-15,17H,5-7,16,18H2,1-4H3. The highest BCUT2D eigenvalue weighted by molar-refractivity contribution is 7.86. The fourth-order valence-electron chi connectivity index (χ4n) is 3.33. The molecule has 1 heterocycles. The molecule has 0 radical (unpaired) electrons. The third-order valence-electron chi connectivity index (χ3n) is 5.35. The van der Waals surface area contributed by atoms with E-state index in [2.05, 4.69) is 5.10 Å². The molecule has 0 atom stereocenters. The third kappa shape index (κ3) is 7.40. The summed E-state index contributed by atoms with van der Waals surface area (Å²) in [6.07, 6.45) is 3.69. The van der Waals surface area contributed by atoms with Gasteiger partial charge in [-0.2, -0.15) is 13.5 Å². The summed E-state index contributed by atoms with van der Waals surface area (Å²) in [5, 5.41) is 4.18. The number of ether oxygens (including phenoxy) is 1. The number of hydrogen-bond donors (Lipinski definition) is 0. The maximum absolute atomic E-state index is 12.4. The summed E-state index contributed by atoms with van der Waals surface area (Å²) >= 11 is 6.20. The van der Waals surface area contributed by atoms with E-state index in [1.54, 1.807) is 24.3 Å². The number of aromatic nitrogens is 2. The van der Waals surface area contributed by atoms with Crippen molar-refractivity contribution in [2.75, 3.05) is 6.61 Å². The molecule has 7 nitrogen and oxygen atoms in total. The maximum Gasteiger partial charge on any atom is 0.296 e. The second-order valence-corrected chi connectivity index (χ2v) is 11.4. The van der Waals surface area contributed by atoms with E-state index in [-0.39, 0.29) is 34.4 Å². The van der Waals surface area contributed by atoms with Crippen LogP contribution in [0.25, 0.3) is 0 Å². The molecule has 0 spiro atoms. The van der Waals surface area contributed by atoms with E-state index in [1.807, 2.05) is 52.0 Å². The molecule has 0 aliphatic heterocycles. The fraction of sp³-hybridized carbons (Fsp3) is 0.385. The van der Waals surface area contributed by atoms with E-state index in [9.17, 15) is 13.2 Å². The summed E-state index contributed by atoms with van der Waals surface area (Å²) in [7, 11) is -3.72. The Morgan fingerprint density at radius 1 is 0.971 bits per heavy atom. The van der Waals surface area contributed by atoms with Gasteiger partial charge in [0.2, 0.25) is 0 Å². The summed E-state index contributed by atoms with van der Waals surface area (Å²) in [5.74, 6) is 0.252. The van der Waals surface area contributed by atoms with Gasteiger partial charge in [0.15, 0.2) is 10.8 Å². The van der Waals surface area contributed by atoms with Crippen molar-refractivity contribution >= 4 is 21.7 Å². The lowest BCUT2D eigenvalue weighted by Crippen LogP contribution is -2.36. The highest BCUT2D eigenvalue weighted by atomic mass is 35.5. The average molecular weight is 519 g/mol. The predicted octanol–water partition coefficient (Wildman–Crippen LogP) is 5.27. The molecule has 0 fully saturated rings. The van der Waals surface area contributed by atoms with Crippen LogP contribution >= 0.6 is 11.6 Å². The van der Waals surface area contributed by atoms with Crippen molar-refractivity contribution in [2.24, 2.45) is 0 Å². The third-order valence-corrected chi connectivity index (χ3v) is 7.02. The summed E-state index contributed by atoms with van der Waals surface area (Å²) in [4.78, 5) is 12.6. The van der Waals surface area contributed by atoms with E-state index >= 15 is 0 Å². The van der Waals surface area contributed by atoms with E-state index in [4.69, 9.17) is 20.5 Å². The van der Waals surface area contributed by atoms with Crippen LogP contribution in [0.15, 0.2) is 64.4 Å². The normalized spacial score (nSPS) is 12.0. The number of hydrogen-bond acceptors (Lipinski definition) is 6. The van der Waals surface area contributed by atoms with Crippen molar-refractivity contribution in [1.29, 1.82) is 0 Å². The molecule has 0 bridgehead atoms. The lowest BCUT2D eigenvalue weighted by molar-refractivity contribution is 0.292. The Morgan fingerprint density at radius 3 is 2.23 bits per heavy atom. The van der Waals surface area contributed by atoms with E-state index in [1.165, 1.54) is 10.9 Å². The van der Waals surface area contributed by atoms with Gasteiger partial charge in [-0.15, -0.1) is 0 Å². The number of aryl methyl sites for hydroxylation is 2. The fourth-order valence-corrected chi connectivity index (χ4v) is 4.46. The molecule has 0 aliphatic rings. The first kappa shape index (κ1) is 26.9. The molecule has 188 valence electrons. The minimum atomic E-state index is -3.72. The molecule has 0 amide bonds. The number of nitrogens with zero attached hydrogens (tertiary/aromatic N) is 2. The second kappa shape index (κ2) is 11.4. The zero-order chi connectivity index (χ0) is 25.6. The molecular formula is C26H31ClN2O5S. The highest BCUT2D eigenvalue weighted by Gasteiger charge is 2.20. The molecule has 0 saturated carbocycles. The molecule has 0 unspecified atom stereocenters. The first-order chi connectivity index (χ1) is 16.5. The summed E-state index contributed by atoms with van der Waals surface area (Å²) in [6, 6.07) is 14.5. The van der Waals surface area contributed by atoms with Crippen LogP contribution in [0.1, 0.15) is 50.3 Å². The summed E-state index contributed by atoms with van der Waals surface area (Å²) in [5.41, 5.74) is 2.19. The van der Waals surface area contributed by atoms with Crippen molar-refractivity contribution < 1.29 is 17.3 Å². The minimum absolute atomic E-state index is 0.0122. The van der Waals surface area contributed by atoms with Crippen molar-refractivity contribution in [3.63, 3.8) is 0 Å². The van der Waals surface area contributed by atoms with Gasteiger partial charge in [-0.25, -0.2) is 4.68 Å². The lowest BCUT2D eigenvalue weighted by Gasteiger charge is -2.21. The van der Waals surface area contributed by atoms with E-state index < -0.39 is 15.7 Å². The summed E-state index contributed by atoms with van der Waals surface area (Å²) in [6.45, 7) is 7.93. The van der Waals surface area contributed by atoms with Gasteiger partial charge >= 0.3 is 0 Å². The van der Waals surface area contributed by atoms with Gasteiger partial charge in [-0.3, -0.25) is 8.98 Å². The van der Waals surface area contributed by atoms with Gasteiger partial charge in [0, 0.05) is 0 Å². The van der Waals surface area contributed by atoms with E-state index in [0.29, 0.717) is 6.42 Å². The monoisotopic (exact) mass is 518 g/mol. The minimum Gasteiger partial charge on any atom is -0.485 e. The number of unbranched alkanes of at least 4 members (excludes halogenated alkanes) is 1. The Kier molecular flexibility index (Phi) is 8.74. The molecule has 3 rings (SSSR count). The average Bonchev–Trinajstić information content (AvgIpc) is 2.80. The molecule has 35 heavy (non-hydrogen) atoms. The number of benzene rings is 2. The Labute approximate surface area is 211 Å². The summed E-state index contributed by atoms with van der Waals surface area (Å²) < 4.78 is 36.6. The highest BCUT2D eigenvalue weighted by Crippen LogP contribution is 2.22. The number of halogens is 1. The molecule has 0 N–H and O–H groups in total. The first-order valence-corrected chi connectivity index (χ1v) is 13.2. The molecule has 3 aromatic rings. The van der Waals surface area contributed by atoms with Crippen LogP contribution in [0.3, 0.4) is 0 Å². The van der Waals surface area contributed by atoms with Crippen LogP contribution in [0.4, 0.5) is 0 Å². The quantitative estimate of drug-likeness (QED) is 0.268. The molecule has 1 aromatic heterocycles. The number of rotatable bonds is 10. The largest absolute Gasteiger partial charge is 0.485 e. The van der Waals surface area contributed by atoms with Gasteiger partial charge in [0.1, 0.15) is 6.61 Å². The Bertz CT molecular complexity index is 1300. The topological polar surface area (TPSA) is 87.5 Å². The molecule has 2 aromatic carbocycles. The van der Waals surface area contributed by atoms with Crippen LogP contribution in [0, 0.1) is 6.92 Å². The predicted molar refractivity (Wildman–Crippen MR) is 137 cm³/mol. The Balaban J connectivity index is 1.45. The lowest BCUT2D eigenvalue weighted by atomic mass is 10.1. The van der Waals surface area contributed by atoms with Crippen LogP contribution in [0.5, 0.6) is 5.75 Å². The van der Waals surface area contributed by atoms with Crippen LogP contribution in [-0.2, 0) is 32.9 Å². The van der Waals surface area contributed by atoms with E-state index in [0.717, 1.165) is 29.5 Å². The van der Waals surface area contributed by atoms with Crippen LogP contribution < -0.4 is 10.3 Å². The smallest absolute Gasteiger partial charge is 0.296 e.